The van der Waals surface area contributed by atoms with E-state index in [1.165, 1.54) is 23.9 Å². The zero-order valence-corrected chi connectivity index (χ0v) is 18.5. The molecule has 2 aliphatic heterocycles. The molecule has 1 aromatic carbocycles. The third kappa shape index (κ3) is 5.26. The van der Waals surface area contributed by atoms with E-state index in [9.17, 15) is 18.8 Å². The van der Waals surface area contributed by atoms with Gasteiger partial charge in [-0.2, -0.15) is 0 Å². The van der Waals surface area contributed by atoms with Gasteiger partial charge in [0.05, 0.1) is 5.75 Å². The SMILES string of the molecule is CC1CCN(C(=O)CSc2nnc(CC3CC(=O)NC(=O)N3)n2-c2ccc(F)cc2)CC1. The van der Waals surface area contributed by atoms with Gasteiger partial charge in [0.2, 0.25) is 11.8 Å². The van der Waals surface area contributed by atoms with Crippen molar-refractivity contribution >= 4 is 29.6 Å². The summed E-state index contributed by atoms with van der Waals surface area (Å²) >= 11 is 1.27. The molecule has 0 saturated carbocycles. The minimum Gasteiger partial charge on any atom is -0.342 e. The molecule has 3 heterocycles. The molecule has 2 fully saturated rings. The maximum atomic E-state index is 13.5. The highest BCUT2D eigenvalue weighted by atomic mass is 32.2. The quantitative estimate of drug-likeness (QED) is 0.638. The molecular weight excluding hydrogens is 435 g/mol. The Morgan fingerprint density at radius 1 is 1.19 bits per heavy atom. The first-order chi connectivity index (χ1) is 15.4. The van der Waals surface area contributed by atoms with Crippen molar-refractivity contribution in [3.63, 3.8) is 0 Å². The molecule has 32 heavy (non-hydrogen) atoms. The molecule has 0 spiro atoms. The molecule has 1 atom stereocenters. The lowest BCUT2D eigenvalue weighted by Crippen LogP contribution is -2.53. The fraction of sp³-hybridized carbons (Fsp3) is 0.476. The average molecular weight is 461 g/mol. The number of thioether (sulfide) groups is 1. The minimum absolute atomic E-state index is 0.0494. The van der Waals surface area contributed by atoms with Crippen LogP contribution >= 0.6 is 11.8 Å². The lowest BCUT2D eigenvalue weighted by atomic mass is 9.99. The molecule has 2 aliphatic rings. The van der Waals surface area contributed by atoms with Crippen molar-refractivity contribution in [1.29, 1.82) is 0 Å². The number of likely N-dealkylation sites (tertiary alicyclic amines) is 1. The van der Waals surface area contributed by atoms with E-state index in [1.54, 1.807) is 16.7 Å². The van der Waals surface area contributed by atoms with E-state index >= 15 is 0 Å². The van der Waals surface area contributed by atoms with Crippen LogP contribution in [-0.2, 0) is 16.0 Å². The number of imide groups is 1. The Labute approximate surface area is 189 Å². The van der Waals surface area contributed by atoms with Gasteiger partial charge in [-0.3, -0.25) is 19.5 Å². The summed E-state index contributed by atoms with van der Waals surface area (Å²) in [6.45, 7) is 3.72. The van der Waals surface area contributed by atoms with Crippen molar-refractivity contribution in [2.24, 2.45) is 5.92 Å². The van der Waals surface area contributed by atoms with Crippen molar-refractivity contribution < 1.29 is 18.8 Å². The van der Waals surface area contributed by atoms with Crippen molar-refractivity contribution in [1.82, 2.24) is 30.3 Å². The van der Waals surface area contributed by atoms with E-state index < -0.39 is 12.1 Å². The topological polar surface area (TPSA) is 109 Å². The maximum absolute atomic E-state index is 13.5. The Morgan fingerprint density at radius 3 is 2.59 bits per heavy atom. The minimum atomic E-state index is -0.546. The monoisotopic (exact) mass is 460 g/mol. The highest BCUT2D eigenvalue weighted by Crippen LogP contribution is 2.25. The number of halogens is 1. The van der Waals surface area contributed by atoms with Crippen LogP contribution in [0.15, 0.2) is 29.4 Å². The standard InChI is InChI=1S/C21H25FN6O3S/c1-13-6-8-27(9-7-13)19(30)12-32-21-26-25-17(10-15-11-18(29)24-20(31)23-15)28(21)16-4-2-14(22)3-5-16/h2-5,13,15H,6-12H2,1H3,(H2,23,24,29,31). The molecule has 9 nitrogen and oxygen atoms in total. The number of hydrogen-bond donors (Lipinski definition) is 2. The zero-order valence-electron chi connectivity index (χ0n) is 17.7. The molecule has 1 aromatic heterocycles. The lowest BCUT2D eigenvalue weighted by molar-refractivity contribution is -0.129. The summed E-state index contributed by atoms with van der Waals surface area (Å²) in [6.07, 6.45) is 2.40. The van der Waals surface area contributed by atoms with Crippen LogP contribution in [0.2, 0.25) is 0 Å². The number of aromatic nitrogens is 3. The predicted molar refractivity (Wildman–Crippen MR) is 116 cm³/mol. The van der Waals surface area contributed by atoms with Gasteiger partial charge in [-0.05, 0) is 43.0 Å². The smallest absolute Gasteiger partial charge is 0.321 e. The van der Waals surface area contributed by atoms with Crippen LogP contribution in [0.25, 0.3) is 5.69 Å². The lowest BCUT2D eigenvalue weighted by Gasteiger charge is -2.30. The highest BCUT2D eigenvalue weighted by molar-refractivity contribution is 7.99. The van der Waals surface area contributed by atoms with Crippen molar-refractivity contribution in [3.05, 3.63) is 35.9 Å². The third-order valence-electron chi connectivity index (χ3n) is 5.70. The van der Waals surface area contributed by atoms with Crippen LogP contribution in [-0.4, -0.2) is 62.4 Å². The normalized spacial score (nSPS) is 19.6. The Balaban J connectivity index is 1.52. The maximum Gasteiger partial charge on any atom is 0.321 e. The Bertz CT molecular complexity index is 987. The van der Waals surface area contributed by atoms with E-state index in [4.69, 9.17) is 0 Å². The summed E-state index contributed by atoms with van der Waals surface area (Å²) < 4.78 is 15.2. The second kappa shape index (κ2) is 9.68. The zero-order chi connectivity index (χ0) is 22.7. The number of hydrogen-bond acceptors (Lipinski definition) is 6. The van der Waals surface area contributed by atoms with Crippen LogP contribution in [0.5, 0.6) is 0 Å². The molecule has 0 radical (unpaired) electrons. The number of nitrogens with one attached hydrogen (secondary N) is 2. The molecule has 1 unspecified atom stereocenters. The summed E-state index contributed by atoms with van der Waals surface area (Å²) in [6, 6.07) is 4.90. The first-order valence-electron chi connectivity index (χ1n) is 10.6. The molecule has 2 saturated heterocycles. The molecule has 4 amide bonds. The number of amides is 4. The summed E-state index contributed by atoms with van der Waals surface area (Å²) in [4.78, 5) is 37.9. The van der Waals surface area contributed by atoms with Gasteiger partial charge in [0, 0.05) is 37.7 Å². The number of benzene rings is 1. The van der Waals surface area contributed by atoms with Gasteiger partial charge in [0.1, 0.15) is 11.6 Å². The predicted octanol–water partition coefficient (Wildman–Crippen LogP) is 1.90. The Kier molecular flexibility index (Phi) is 6.73. The van der Waals surface area contributed by atoms with Crippen molar-refractivity contribution in [2.75, 3.05) is 18.8 Å². The van der Waals surface area contributed by atoms with Crippen LogP contribution < -0.4 is 10.6 Å². The van der Waals surface area contributed by atoms with Gasteiger partial charge in [0.15, 0.2) is 5.16 Å². The van der Waals surface area contributed by atoms with Crippen LogP contribution in [0, 0.1) is 11.7 Å². The summed E-state index contributed by atoms with van der Waals surface area (Å²) in [5, 5.41) is 13.9. The van der Waals surface area contributed by atoms with Gasteiger partial charge in [-0.15, -0.1) is 10.2 Å². The number of urea groups is 1. The average Bonchev–Trinajstić information content (AvgIpc) is 3.14. The van der Waals surface area contributed by atoms with Crippen LogP contribution in [0.3, 0.4) is 0 Å². The largest absolute Gasteiger partial charge is 0.342 e. The Hall–Kier alpha value is -2.95. The summed E-state index contributed by atoms with van der Waals surface area (Å²) in [5.41, 5.74) is 0.639. The van der Waals surface area contributed by atoms with E-state index in [2.05, 4.69) is 27.8 Å². The van der Waals surface area contributed by atoms with E-state index in [0.29, 0.717) is 22.6 Å². The van der Waals surface area contributed by atoms with Crippen molar-refractivity contribution in [3.8, 4) is 5.69 Å². The van der Waals surface area contributed by atoms with E-state index in [1.807, 2.05) is 4.90 Å². The van der Waals surface area contributed by atoms with Crippen LogP contribution in [0.4, 0.5) is 9.18 Å². The highest BCUT2D eigenvalue weighted by Gasteiger charge is 2.27. The molecule has 11 heteroatoms. The number of piperidine rings is 1. The first-order valence-corrected chi connectivity index (χ1v) is 11.6. The molecule has 0 aliphatic carbocycles. The molecule has 0 bridgehead atoms. The molecule has 2 aromatic rings. The fourth-order valence-electron chi connectivity index (χ4n) is 3.87. The van der Waals surface area contributed by atoms with E-state index in [-0.39, 0.29) is 36.2 Å². The second-order valence-corrected chi connectivity index (χ2v) is 9.13. The number of nitrogens with zero attached hydrogens (tertiary/aromatic N) is 4. The van der Waals surface area contributed by atoms with Crippen LogP contribution in [0.1, 0.15) is 32.0 Å². The fourth-order valence-corrected chi connectivity index (χ4v) is 4.74. The molecule has 4 rings (SSSR count). The Morgan fingerprint density at radius 2 is 1.91 bits per heavy atom. The third-order valence-corrected chi connectivity index (χ3v) is 6.61. The van der Waals surface area contributed by atoms with Gasteiger partial charge in [-0.1, -0.05) is 18.7 Å². The first kappa shape index (κ1) is 22.3. The number of carbonyl (C=O) groups is 3. The van der Waals surface area contributed by atoms with Gasteiger partial charge in [0.25, 0.3) is 0 Å². The van der Waals surface area contributed by atoms with Crippen molar-refractivity contribution in [2.45, 2.75) is 43.8 Å². The second-order valence-electron chi connectivity index (χ2n) is 8.19. The number of rotatable bonds is 6. The van der Waals surface area contributed by atoms with Gasteiger partial charge < -0.3 is 10.2 Å². The van der Waals surface area contributed by atoms with Gasteiger partial charge in [-0.25, -0.2) is 9.18 Å². The molecule has 170 valence electrons. The number of carbonyl (C=O) groups excluding carboxylic acids is 3. The molecular formula is C21H25FN6O3S. The van der Waals surface area contributed by atoms with E-state index in [0.717, 1.165) is 25.9 Å². The molecule has 2 N–H and O–H groups in total. The summed E-state index contributed by atoms with van der Waals surface area (Å²) in [5.74, 6) is 0.687. The van der Waals surface area contributed by atoms with Gasteiger partial charge >= 0.3 is 6.03 Å². The summed E-state index contributed by atoms with van der Waals surface area (Å²) in [7, 11) is 0.